The van der Waals surface area contributed by atoms with Gasteiger partial charge in [0.15, 0.2) is 0 Å². The molecule has 1 saturated carbocycles. The van der Waals surface area contributed by atoms with E-state index in [1.165, 1.54) is 64.8 Å². The first-order valence-corrected chi connectivity index (χ1v) is 9.13. The molecule has 0 bridgehead atoms. The number of nitrogens with two attached hydrogens (primary N) is 1. The average Bonchev–Trinajstić information content (AvgIpc) is 2.42. The summed E-state index contributed by atoms with van der Waals surface area (Å²) in [5, 5.41) is 0. The van der Waals surface area contributed by atoms with Crippen LogP contribution in [0.15, 0.2) is 0 Å². The number of hydrogen-bond donors (Lipinski definition) is 1. The van der Waals surface area contributed by atoms with Crippen molar-refractivity contribution in [3.8, 4) is 0 Å². The Balaban J connectivity index is 1.79. The Kier molecular flexibility index (Phi) is 6.10. The van der Waals surface area contributed by atoms with Crippen molar-refractivity contribution in [2.24, 2.45) is 17.6 Å². The molecule has 0 radical (unpaired) electrons. The molecule has 21 heavy (non-hydrogen) atoms. The Labute approximate surface area is 132 Å². The molecule has 2 N–H and O–H groups in total. The lowest BCUT2D eigenvalue weighted by atomic mass is 9.76. The second kappa shape index (κ2) is 7.43. The summed E-state index contributed by atoms with van der Waals surface area (Å²) < 4.78 is 0. The van der Waals surface area contributed by atoms with Crippen LogP contribution < -0.4 is 5.73 Å². The van der Waals surface area contributed by atoms with Gasteiger partial charge in [0.05, 0.1) is 0 Å². The van der Waals surface area contributed by atoms with Crippen LogP contribution in [0.1, 0.15) is 59.8 Å². The summed E-state index contributed by atoms with van der Waals surface area (Å²) in [6.07, 6.45) is 6.72. The first-order valence-electron chi connectivity index (χ1n) is 9.13. The van der Waals surface area contributed by atoms with Crippen molar-refractivity contribution in [3.05, 3.63) is 0 Å². The molecule has 2 fully saturated rings. The van der Waals surface area contributed by atoms with Crippen LogP contribution in [0.2, 0.25) is 0 Å². The topological polar surface area (TPSA) is 32.5 Å². The minimum atomic E-state index is 0.319. The van der Waals surface area contributed by atoms with Gasteiger partial charge in [0.1, 0.15) is 0 Å². The Bertz CT molecular complexity index is 302. The Hall–Kier alpha value is -0.120. The van der Waals surface area contributed by atoms with Crippen LogP contribution in [0.3, 0.4) is 0 Å². The maximum absolute atomic E-state index is 6.41. The second-order valence-corrected chi connectivity index (χ2v) is 8.35. The first kappa shape index (κ1) is 17.2. The summed E-state index contributed by atoms with van der Waals surface area (Å²) in [5.41, 5.74) is 6.73. The van der Waals surface area contributed by atoms with Gasteiger partial charge in [-0.2, -0.15) is 0 Å². The molecule has 124 valence electrons. The van der Waals surface area contributed by atoms with Gasteiger partial charge in [-0.1, -0.05) is 19.8 Å². The van der Waals surface area contributed by atoms with E-state index in [2.05, 4.69) is 37.5 Å². The van der Waals surface area contributed by atoms with Crippen molar-refractivity contribution in [1.82, 2.24) is 9.80 Å². The molecule has 0 aromatic rings. The molecule has 2 aliphatic rings. The molecule has 3 nitrogen and oxygen atoms in total. The molecule has 1 heterocycles. The molecular formula is C18H37N3. The zero-order valence-electron chi connectivity index (χ0n) is 14.8. The van der Waals surface area contributed by atoms with Crippen LogP contribution >= 0.6 is 0 Å². The largest absolute Gasteiger partial charge is 0.327 e. The molecule has 0 aromatic heterocycles. The van der Waals surface area contributed by atoms with Crippen LogP contribution in [0.4, 0.5) is 0 Å². The molecule has 1 aliphatic carbocycles. The van der Waals surface area contributed by atoms with Gasteiger partial charge in [-0.05, 0) is 51.9 Å². The third kappa shape index (κ3) is 4.94. The van der Waals surface area contributed by atoms with E-state index in [0.29, 0.717) is 11.6 Å². The predicted octanol–water partition coefficient (Wildman–Crippen LogP) is 2.95. The minimum Gasteiger partial charge on any atom is -0.327 e. The third-order valence-electron chi connectivity index (χ3n) is 5.66. The smallest absolute Gasteiger partial charge is 0.0126 e. The van der Waals surface area contributed by atoms with Crippen LogP contribution in [0.25, 0.3) is 0 Å². The average molecular weight is 296 g/mol. The molecule has 0 spiro atoms. The highest BCUT2D eigenvalue weighted by Gasteiger charge is 2.31. The van der Waals surface area contributed by atoms with Gasteiger partial charge < -0.3 is 10.6 Å². The van der Waals surface area contributed by atoms with E-state index in [0.717, 1.165) is 11.8 Å². The number of piperazine rings is 1. The van der Waals surface area contributed by atoms with E-state index in [-0.39, 0.29) is 0 Å². The summed E-state index contributed by atoms with van der Waals surface area (Å²) >= 11 is 0. The summed E-state index contributed by atoms with van der Waals surface area (Å²) in [6.45, 7) is 15.4. The Morgan fingerprint density at radius 3 is 2.29 bits per heavy atom. The van der Waals surface area contributed by atoms with Crippen LogP contribution in [0, 0.1) is 11.8 Å². The molecule has 0 amide bonds. The highest BCUT2D eigenvalue weighted by Crippen LogP contribution is 2.32. The van der Waals surface area contributed by atoms with Gasteiger partial charge in [0, 0.05) is 44.3 Å². The zero-order chi connectivity index (χ0) is 15.5. The van der Waals surface area contributed by atoms with Crippen molar-refractivity contribution in [1.29, 1.82) is 0 Å². The van der Waals surface area contributed by atoms with E-state index in [1.54, 1.807) is 0 Å². The Morgan fingerprint density at radius 2 is 1.71 bits per heavy atom. The quantitative estimate of drug-likeness (QED) is 0.865. The molecule has 1 saturated heterocycles. The highest BCUT2D eigenvalue weighted by atomic mass is 15.3. The van der Waals surface area contributed by atoms with E-state index < -0.39 is 0 Å². The van der Waals surface area contributed by atoms with E-state index in [1.807, 2.05) is 0 Å². The number of rotatable bonds is 4. The minimum absolute atomic E-state index is 0.319. The van der Waals surface area contributed by atoms with E-state index in [4.69, 9.17) is 5.73 Å². The zero-order valence-corrected chi connectivity index (χ0v) is 14.8. The van der Waals surface area contributed by atoms with Gasteiger partial charge in [0.2, 0.25) is 0 Å². The summed E-state index contributed by atoms with van der Waals surface area (Å²) in [7, 11) is 0. The molecule has 3 heteroatoms. The van der Waals surface area contributed by atoms with Crippen molar-refractivity contribution in [2.75, 3.05) is 32.7 Å². The molecule has 3 unspecified atom stereocenters. The lowest BCUT2D eigenvalue weighted by Gasteiger charge is -2.44. The fourth-order valence-corrected chi connectivity index (χ4v) is 4.20. The molecule has 0 aromatic carbocycles. The maximum Gasteiger partial charge on any atom is 0.0126 e. The maximum atomic E-state index is 6.41. The monoisotopic (exact) mass is 295 g/mol. The number of hydrogen-bond acceptors (Lipinski definition) is 3. The van der Waals surface area contributed by atoms with Gasteiger partial charge in [0.25, 0.3) is 0 Å². The fourth-order valence-electron chi connectivity index (χ4n) is 4.20. The van der Waals surface area contributed by atoms with Crippen LogP contribution in [-0.4, -0.2) is 54.1 Å². The summed E-state index contributed by atoms with van der Waals surface area (Å²) in [4.78, 5) is 5.28. The standard InChI is InChI=1S/C18H37N3/c1-5-6-15-7-8-17(19)16(13-15)14-20-9-11-21(12-10-20)18(2,3)4/h15-17H,5-14,19H2,1-4H3. The third-order valence-corrected chi connectivity index (χ3v) is 5.66. The second-order valence-electron chi connectivity index (χ2n) is 8.35. The van der Waals surface area contributed by atoms with E-state index in [9.17, 15) is 0 Å². The summed E-state index contributed by atoms with van der Waals surface area (Å²) in [5.74, 6) is 1.67. The van der Waals surface area contributed by atoms with Crippen molar-refractivity contribution in [2.45, 2.75) is 71.4 Å². The van der Waals surface area contributed by atoms with Crippen molar-refractivity contribution < 1.29 is 0 Å². The van der Waals surface area contributed by atoms with Crippen molar-refractivity contribution >= 4 is 0 Å². The first-order chi connectivity index (χ1) is 9.90. The summed E-state index contributed by atoms with van der Waals surface area (Å²) in [6, 6.07) is 0.443. The number of nitrogens with zero attached hydrogens (tertiary/aromatic N) is 2. The molecule has 1 aliphatic heterocycles. The lowest BCUT2D eigenvalue weighted by molar-refractivity contribution is 0.0465. The Morgan fingerprint density at radius 1 is 1.05 bits per heavy atom. The van der Waals surface area contributed by atoms with E-state index >= 15 is 0 Å². The molecular weight excluding hydrogens is 258 g/mol. The van der Waals surface area contributed by atoms with Crippen molar-refractivity contribution in [3.63, 3.8) is 0 Å². The normalized spacial score (nSPS) is 33.3. The van der Waals surface area contributed by atoms with Crippen LogP contribution in [0.5, 0.6) is 0 Å². The van der Waals surface area contributed by atoms with Gasteiger partial charge in [-0.25, -0.2) is 0 Å². The molecule has 2 rings (SSSR count). The SMILES string of the molecule is CCCC1CCC(N)C(CN2CCN(C(C)(C)C)CC2)C1. The van der Waals surface area contributed by atoms with Gasteiger partial charge >= 0.3 is 0 Å². The lowest BCUT2D eigenvalue weighted by Crippen LogP contribution is -2.55. The fraction of sp³-hybridized carbons (Fsp3) is 1.00. The van der Waals surface area contributed by atoms with Gasteiger partial charge in [-0.3, -0.25) is 4.90 Å². The van der Waals surface area contributed by atoms with Crippen LogP contribution in [-0.2, 0) is 0 Å². The predicted molar refractivity (Wildman–Crippen MR) is 91.5 cm³/mol. The highest BCUT2D eigenvalue weighted by molar-refractivity contribution is 4.87. The van der Waals surface area contributed by atoms with Gasteiger partial charge in [-0.15, -0.1) is 0 Å². The molecule has 3 atom stereocenters.